The molecule has 0 atom stereocenters. The van der Waals surface area contributed by atoms with Gasteiger partial charge in [0, 0.05) is 0 Å². The van der Waals surface area contributed by atoms with Gasteiger partial charge < -0.3 is 4.65 Å². The SMILES string of the molecule is CC[Si](CC)(CC)N[SiH3]. The van der Waals surface area contributed by atoms with Gasteiger partial charge in [-0.05, 0) is 18.1 Å². The molecule has 0 aromatic rings. The highest BCUT2D eigenvalue weighted by molar-refractivity contribution is 6.80. The van der Waals surface area contributed by atoms with Crippen LogP contribution in [0.3, 0.4) is 0 Å². The Morgan fingerprint density at radius 3 is 1.44 bits per heavy atom. The second kappa shape index (κ2) is 4.25. The summed E-state index contributed by atoms with van der Waals surface area (Å²) < 4.78 is 3.64. The lowest BCUT2D eigenvalue weighted by Gasteiger charge is -2.26. The van der Waals surface area contributed by atoms with Gasteiger partial charge in [0.05, 0.1) is 10.4 Å². The summed E-state index contributed by atoms with van der Waals surface area (Å²) in [6.07, 6.45) is 0. The largest absolute Gasteiger partial charge is 0.366 e. The molecule has 1 nitrogen and oxygen atoms in total. The molecule has 0 unspecified atom stereocenters. The highest BCUT2D eigenvalue weighted by Crippen LogP contribution is 2.14. The fraction of sp³-hybridized carbons (Fsp3) is 1.00. The average molecular weight is 161 g/mol. The van der Waals surface area contributed by atoms with E-state index in [4.69, 9.17) is 0 Å². The summed E-state index contributed by atoms with van der Waals surface area (Å²) in [4.78, 5) is 0. The van der Waals surface area contributed by atoms with Gasteiger partial charge in [-0.1, -0.05) is 20.8 Å². The molecular formula is C6H19NSi2. The van der Waals surface area contributed by atoms with E-state index in [0.29, 0.717) is 0 Å². The van der Waals surface area contributed by atoms with E-state index < -0.39 is 8.24 Å². The van der Waals surface area contributed by atoms with E-state index in [2.05, 4.69) is 25.4 Å². The van der Waals surface area contributed by atoms with Crippen LogP contribution in [0.4, 0.5) is 0 Å². The Morgan fingerprint density at radius 1 is 1.11 bits per heavy atom. The summed E-state index contributed by atoms with van der Waals surface area (Å²) >= 11 is 0. The molecule has 0 aliphatic rings. The number of hydrogen-bond acceptors (Lipinski definition) is 1. The second-order valence-corrected chi connectivity index (χ2v) is 9.27. The lowest BCUT2D eigenvalue weighted by Crippen LogP contribution is -2.47. The van der Waals surface area contributed by atoms with Crippen LogP contribution in [0.2, 0.25) is 18.1 Å². The summed E-state index contributed by atoms with van der Waals surface area (Å²) in [6, 6.07) is 4.22. The first-order valence-corrected chi connectivity index (χ1v) is 7.55. The van der Waals surface area contributed by atoms with E-state index in [0.717, 1.165) is 0 Å². The van der Waals surface area contributed by atoms with Crippen LogP contribution in [-0.4, -0.2) is 18.6 Å². The molecule has 0 fully saturated rings. The number of nitrogens with one attached hydrogen (secondary N) is 1. The Morgan fingerprint density at radius 2 is 1.44 bits per heavy atom. The van der Waals surface area contributed by atoms with Crippen LogP contribution in [0.25, 0.3) is 0 Å². The lowest BCUT2D eigenvalue weighted by atomic mass is 10.9. The van der Waals surface area contributed by atoms with Gasteiger partial charge >= 0.3 is 0 Å². The van der Waals surface area contributed by atoms with Crippen LogP contribution < -0.4 is 4.65 Å². The van der Waals surface area contributed by atoms with Crippen molar-refractivity contribution in [2.24, 2.45) is 0 Å². The zero-order valence-corrected chi connectivity index (χ0v) is 10.1. The van der Waals surface area contributed by atoms with Crippen molar-refractivity contribution in [2.45, 2.75) is 38.9 Å². The van der Waals surface area contributed by atoms with E-state index >= 15 is 0 Å². The first kappa shape index (κ1) is 9.39. The van der Waals surface area contributed by atoms with Gasteiger partial charge in [-0.2, -0.15) is 0 Å². The Bertz CT molecular complexity index is 53.9. The van der Waals surface area contributed by atoms with Crippen LogP contribution in [0, 0.1) is 0 Å². The summed E-state index contributed by atoms with van der Waals surface area (Å²) in [6.45, 7) is 6.97. The molecule has 0 saturated heterocycles. The van der Waals surface area contributed by atoms with Crippen molar-refractivity contribution in [3.8, 4) is 0 Å². The summed E-state index contributed by atoms with van der Waals surface area (Å²) in [5.41, 5.74) is 0. The molecule has 0 rings (SSSR count). The smallest absolute Gasteiger partial charge is 0.117 e. The predicted molar refractivity (Wildman–Crippen MR) is 50.3 cm³/mol. The van der Waals surface area contributed by atoms with Crippen molar-refractivity contribution >= 4 is 18.6 Å². The summed E-state index contributed by atoms with van der Waals surface area (Å²) in [5.74, 6) is 0. The molecule has 0 saturated carbocycles. The number of hydrogen-bond donors (Lipinski definition) is 1. The first-order chi connectivity index (χ1) is 4.24. The topological polar surface area (TPSA) is 12.0 Å². The average Bonchev–Trinajstić information content (AvgIpc) is 1.95. The van der Waals surface area contributed by atoms with Gasteiger partial charge in [0.25, 0.3) is 0 Å². The number of rotatable bonds is 4. The first-order valence-electron chi connectivity index (χ1n) is 3.93. The van der Waals surface area contributed by atoms with E-state index in [1.165, 1.54) is 28.5 Å². The van der Waals surface area contributed by atoms with E-state index in [9.17, 15) is 0 Å². The highest BCUT2D eigenvalue weighted by atomic mass is 28.4. The van der Waals surface area contributed by atoms with Crippen molar-refractivity contribution in [1.29, 1.82) is 0 Å². The minimum Gasteiger partial charge on any atom is -0.366 e. The maximum absolute atomic E-state index is 3.64. The quantitative estimate of drug-likeness (QED) is 0.603. The van der Waals surface area contributed by atoms with Crippen molar-refractivity contribution in [1.82, 2.24) is 4.65 Å². The molecular weight excluding hydrogens is 142 g/mol. The summed E-state index contributed by atoms with van der Waals surface area (Å²) in [5, 5.41) is 0. The van der Waals surface area contributed by atoms with Gasteiger partial charge in [-0.25, -0.2) is 0 Å². The van der Waals surface area contributed by atoms with Crippen molar-refractivity contribution in [2.75, 3.05) is 0 Å². The van der Waals surface area contributed by atoms with Gasteiger partial charge in [0.15, 0.2) is 0 Å². The fourth-order valence-electron chi connectivity index (χ4n) is 1.28. The van der Waals surface area contributed by atoms with Gasteiger partial charge in [-0.15, -0.1) is 0 Å². The van der Waals surface area contributed by atoms with Gasteiger partial charge in [0.1, 0.15) is 8.24 Å². The van der Waals surface area contributed by atoms with Crippen molar-refractivity contribution in [3.63, 3.8) is 0 Å². The maximum Gasteiger partial charge on any atom is 0.117 e. The minimum atomic E-state index is -0.880. The third-order valence-corrected chi connectivity index (χ3v) is 10.9. The van der Waals surface area contributed by atoms with Crippen LogP contribution in [0.1, 0.15) is 20.8 Å². The molecule has 0 amide bonds. The molecule has 0 radical (unpaired) electrons. The monoisotopic (exact) mass is 161 g/mol. The summed E-state index contributed by atoms with van der Waals surface area (Å²) in [7, 11) is 0.307. The molecule has 56 valence electrons. The van der Waals surface area contributed by atoms with Crippen LogP contribution in [-0.2, 0) is 0 Å². The molecule has 3 heteroatoms. The maximum atomic E-state index is 3.64. The zero-order chi connectivity index (χ0) is 7.33. The Labute approximate surface area is 62.8 Å². The predicted octanol–water partition coefficient (Wildman–Crippen LogP) is 0.862. The zero-order valence-electron chi connectivity index (χ0n) is 7.12. The molecule has 0 aliphatic carbocycles. The minimum absolute atomic E-state index is 0.880. The van der Waals surface area contributed by atoms with Gasteiger partial charge in [-0.3, -0.25) is 0 Å². The van der Waals surface area contributed by atoms with E-state index in [-0.39, 0.29) is 0 Å². The van der Waals surface area contributed by atoms with Crippen LogP contribution in [0.5, 0.6) is 0 Å². The molecule has 0 heterocycles. The third-order valence-electron chi connectivity index (χ3n) is 2.56. The molecule has 0 aromatic carbocycles. The van der Waals surface area contributed by atoms with Crippen LogP contribution in [0.15, 0.2) is 0 Å². The van der Waals surface area contributed by atoms with E-state index in [1.54, 1.807) is 0 Å². The Balaban J connectivity index is 3.82. The van der Waals surface area contributed by atoms with Crippen molar-refractivity contribution < 1.29 is 0 Å². The highest BCUT2D eigenvalue weighted by Gasteiger charge is 2.23. The normalized spacial score (nSPS) is 12.3. The Hall–Kier alpha value is 0.394. The standard InChI is InChI=1S/C6H19NSi2/c1-4-9(5-2,6-3)7-8/h7H,4-6H2,1-3,8H3. The molecule has 9 heavy (non-hydrogen) atoms. The Kier molecular flexibility index (Phi) is 4.43. The molecule has 0 aromatic heterocycles. The lowest BCUT2D eigenvalue weighted by molar-refractivity contribution is 1.11. The molecule has 0 spiro atoms. The second-order valence-electron chi connectivity index (χ2n) is 2.59. The van der Waals surface area contributed by atoms with Gasteiger partial charge in [0.2, 0.25) is 0 Å². The van der Waals surface area contributed by atoms with E-state index in [1.807, 2.05) is 0 Å². The van der Waals surface area contributed by atoms with Crippen LogP contribution >= 0.6 is 0 Å². The third kappa shape index (κ3) is 2.23. The molecule has 1 N–H and O–H groups in total. The fourth-order valence-corrected chi connectivity index (χ4v) is 7.02. The van der Waals surface area contributed by atoms with Crippen molar-refractivity contribution in [3.05, 3.63) is 0 Å². The molecule has 0 aliphatic heterocycles. The molecule has 0 bridgehead atoms.